The highest BCUT2D eigenvalue weighted by molar-refractivity contribution is 6.37. The first-order valence-corrected chi connectivity index (χ1v) is 9.28. The van der Waals surface area contributed by atoms with Gasteiger partial charge >= 0.3 is 12.1 Å². The maximum Gasteiger partial charge on any atom is 0.514 e. The van der Waals surface area contributed by atoms with E-state index in [2.05, 4.69) is 0 Å². The fourth-order valence-electron chi connectivity index (χ4n) is 2.34. The van der Waals surface area contributed by atoms with Crippen molar-refractivity contribution in [3.05, 3.63) is 57.1 Å². The fourth-order valence-corrected chi connectivity index (χ4v) is 2.90. The fraction of sp³-hybridized carbons (Fsp3) is 0.300. The topological polar surface area (TPSA) is 71.1 Å². The molecule has 2 aromatic rings. The van der Waals surface area contributed by atoms with Gasteiger partial charge in [-0.1, -0.05) is 40.9 Å². The number of carbonyl (C=O) groups excluding carboxylic acids is 2. The molecule has 0 bridgehead atoms. The van der Waals surface area contributed by atoms with Gasteiger partial charge in [0.1, 0.15) is 19.0 Å². The van der Waals surface area contributed by atoms with Crippen molar-refractivity contribution in [2.75, 3.05) is 19.8 Å². The van der Waals surface area contributed by atoms with Gasteiger partial charge in [-0.25, -0.2) is 9.59 Å². The highest BCUT2D eigenvalue weighted by Gasteiger charge is 2.18. The zero-order valence-electron chi connectivity index (χ0n) is 15.7. The van der Waals surface area contributed by atoms with Gasteiger partial charge in [0.15, 0.2) is 5.75 Å². The van der Waals surface area contributed by atoms with Crippen LogP contribution in [0.25, 0.3) is 0 Å². The number of rotatable bonds is 7. The highest BCUT2D eigenvalue weighted by atomic mass is 35.5. The Morgan fingerprint density at radius 2 is 1.64 bits per heavy atom. The Hall–Kier alpha value is -2.44. The lowest BCUT2D eigenvalue weighted by atomic mass is 10.1. The van der Waals surface area contributed by atoms with Crippen LogP contribution in [0, 0.1) is 13.8 Å². The summed E-state index contributed by atoms with van der Waals surface area (Å²) >= 11 is 12.1. The second-order valence-electron chi connectivity index (χ2n) is 5.81. The molecule has 0 aliphatic heterocycles. The summed E-state index contributed by atoms with van der Waals surface area (Å²) in [6.45, 7) is 5.94. The van der Waals surface area contributed by atoms with Crippen LogP contribution in [0.3, 0.4) is 0 Å². The highest BCUT2D eigenvalue weighted by Crippen LogP contribution is 2.34. The van der Waals surface area contributed by atoms with Crippen molar-refractivity contribution in [1.29, 1.82) is 0 Å². The first-order chi connectivity index (χ1) is 13.3. The van der Waals surface area contributed by atoms with Crippen molar-refractivity contribution in [1.82, 2.24) is 0 Å². The standard InChI is InChI=1S/C20H20Cl2O6/c1-4-25-19(23)14-10-15(21)18(16(22)11-14)28-20(24)27-8-7-26-17-6-5-12(2)9-13(17)3/h5-6,9-11H,4,7-8H2,1-3H3. The third-order valence-electron chi connectivity index (χ3n) is 3.59. The number of aryl methyl sites for hydroxylation is 2. The van der Waals surface area contributed by atoms with Crippen molar-refractivity contribution in [3.8, 4) is 11.5 Å². The summed E-state index contributed by atoms with van der Waals surface area (Å²) in [6, 6.07) is 8.39. The van der Waals surface area contributed by atoms with Crippen LogP contribution in [0.2, 0.25) is 10.0 Å². The van der Waals surface area contributed by atoms with E-state index in [4.69, 9.17) is 42.1 Å². The molecule has 0 saturated heterocycles. The molecule has 0 atom stereocenters. The van der Waals surface area contributed by atoms with E-state index in [0.29, 0.717) is 5.75 Å². The molecule has 0 aromatic heterocycles. The molecule has 0 heterocycles. The molecule has 0 N–H and O–H groups in total. The quantitative estimate of drug-likeness (QED) is 0.336. The second-order valence-corrected chi connectivity index (χ2v) is 6.62. The molecule has 0 aliphatic rings. The van der Waals surface area contributed by atoms with Gasteiger partial charge in [-0.15, -0.1) is 0 Å². The number of hydrogen-bond donors (Lipinski definition) is 0. The van der Waals surface area contributed by atoms with Gasteiger partial charge in [-0.05, 0) is 44.5 Å². The molecule has 2 rings (SSSR count). The Labute approximate surface area is 173 Å². The number of esters is 1. The summed E-state index contributed by atoms with van der Waals surface area (Å²) in [5.74, 6) is 0.0314. The van der Waals surface area contributed by atoms with Crippen molar-refractivity contribution < 1.29 is 28.5 Å². The van der Waals surface area contributed by atoms with Gasteiger partial charge in [0.25, 0.3) is 0 Å². The predicted octanol–water partition coefficient (Wildman–Crippen LogP) is 5.38. The normalized spacial score (nSPS) is 10.3. The third kappa shape index (κ3) is 6.04. The number of carbonyl (C=O) groups is 2. The molecule has 6 nitrogen and oxygen atoms in total. The molecule has 0 radical (unpaired) electrons. The number of halogens is 2. The molecule has 8 heteroatoms. The largest absolute Gasteiger partial charge is 0.514 e. The van der Waals surface area contributed by atoms with Gasteiger partial charge in [0, 0.05) is 0 Å². The molecule has 28 heavy (non-hydrogen) atoms. The third-order valence-corrected chi connectivity index (χ3v) is 4.15. The van der Waals surface area contributed by atoms with E-state index >= 15 is 0 Å². The van der Waals surface area contributed by atoms with Crippen molar-refractivity contribution in [2.24, 2.45) is 0 Å². The van der Waals surface area contributed by atoms with E-state index in [1.165, 1.54) is 12.1 Å². The lowest BCUT2D eigenvalue weighted by Crippen LogP contribution is -2.16. The van der Waals surface area contributed by atoms with E-state index in [1.54, 1.807) is 6.92 Å². The molecule has 0 spiro atoms. The maximum absolute atomic E-state index is 11.9. The average Bonchev–Trinajstić information content (AvgIpc) is 2.63. The smallest absolute Gasteiger partial charge is 0.490 e. The van der Waals surface area contributed by atoms with Gasteiger partial charge < -0.3 is 18.9 Å². The summed E-state index contributed by atoms with van der Waals surface area (Å²) < 4.78 is 20.4. The van der Waals surface area contributed by atoms with E-state index in [1.807, 2.05) is 32.0 Å². The Kier molecular flexibility index (Phi) is 7.96. The predicted molar refractivity (Wildman–Crippen MR) is 106 cm³/mol. The average molecular weight is 427 g/mol. The Morgan fingerprint density at radius 1 is 0.964 bits per heavy atom. The lowest BCUT2D eigenvalue weighted by Gasteiger charge is -2.12. The molecule has 0 aliphatic carbocycles. The van der Waals surface area contributed by atoms with E-state index in [0.717, 1.165) is 11.1 Å². The second kappa shape index (κ2) is 10.2. The molecule has 0 unspecified atom stereocenters. The number of hydrogen-bond acceptors (Lipinski definition) is 6. The van der Waals surface area contributed by atoms with Crippen molar-refractivity contribution in [3.63, 3.8) is 0 Å². The molecular formula is C20H20Cl2O6. The van der Waals surface area contributed by atoms with Crippen LogP contribution >= 0.6 is 23.2 Å². The van der Waals surface area contributed by atoms with Gasteiger partial charge in [-0.2, -0.15) is 0 Å². The van der Waals surface area contributed by atoms with Gasteiger partial charge in [-0.3, -0.25) is 0 Å². The summed E-state index contributed by atoms with van der Waals surface area (Å²) in [7, 11) is 0. The summed E-state index contributed by atoms with van der Waals surface area (Å²) in [6.07, 6.45) is -0.989. The minimum absolute atomic E-state index is 0.0148. The lowest BCUT2D eigenvalue weighted by molar-refractivity contribution is 0.0526. The van der Waals surface area contributed by atoms with E-state index in [9.17, 15) is 9.59 Å². The van der Waals surface area contributed by atoms with Crippen LogP contribution in [0.1, 0.15) is 28.4 Å². The zero-order valence-corrected chi connectivity index (χ0v) is 17.2. The Bertz CT molecular complexity index is 843. The Balaban J connectivity index is 1.88. The minimum Gasteiger partial charge on any atom is -0.490 e. The van der Waals surface area contributed by atoms with Gasteiger partial charge in [0.05, 0.1) is 22.2 Å². The zero-order chi connectivity index (χ0) is 20.7. The number of ether oxygens (including phenoxy) is 4. The number of benzene rings is 2. The first-order valence-electron chi connectivity index (χ1n) is 8.52. The molecule has 0 amide bonds. The first kappa shape index (κ1) is 21.9. The van der Waals surface area contributed by atoms with Crippen LogP contribution in [-0.4, -0.2) is 31.9 Å². The molecular weight excluding hydrogens is 407 g/mol. The molecule has 0 fully saturated rings. The molecule has 2 aromatic carbocycles. The monoisotopic (exact) mass is 426 g/mol. The van der Waals surface area contributed by atoms with Crippen LogP contribution in [0.5, 0.6) is 11.5 Å². The summed E-state index contributed by atoms with van der Waals surface area (Å²) in [5, 5.41) is -0.0296. The van der Waals surface area contributed by atoms with Gasteiger partial charge in [0.2, 0.25) is 0 Å². The van der Waals surface area contributed by atoms with Crippen LogP contribution < -0.4 is 9.47 Å². The van der Waals surface area contributed by atoms with Crippen molar-refractivity contribution in [2.45, 2.75) is 20.8 Å². The van der Waals surface area contributed by atoms with Crippen molar-refractivity contribution >= 4 is 35.3 Å². The van der Waals surface area contributed by atoms with Crippen LogP contribution in [0.15, 0.2) is 30.3 Å². The van der Waals surface area contributed by atoms with E-state index < -0.39 is 12.1 Å². The maximum atomic E-state index is 11.9. The van der Waals surface area contributed by atoms with Crippen LogP contribution in [0.4, 0.5) is 4.79 Å². The summed E-state index contributed by atoms with van der Waals surface area (Å²) in [5.41, 5.74) is 2.27. The Morgan fingerprint density at radius 3 is 2.25 bits per heavy atom. The minimum atomic E-state index is -0.989. The summed E-state index contributed by atoms with van der Waals surface area (Å²) in [4.78, 5) is 23.6. The molecule has 150 valence electrons. The molecule has 0 saturated carbocycles. The van der Waals surface area contributed by atoms with E-state index in [-0.39, 0.29) is 41.2 Å². The SMILES string of the molecule is CCOC(=O)c1cc(Cl)c(OC(=O)OCCOc2ccc(C)cc2C)c(Cl)c1. The van der Waals surface area contributed by atoms with Crippen LogP contribution in [-0.2, 0) is 9.47 Å².